The zero-order valence-corrected chi connectivity index (χ0v) is 9.95. The highest BCUT2D eigenvalue weighted by Gasteiger charge is 2.43. The van der Waals surface area contributed by atoms with Gasteiger partial charge in [0.2, 0.25) is 5.95 Å². The summed E-state index contributed by atoms with van der Waals surface area (Å²) in [6.45, 7) is 0. The quantitative estimate of drug-likeness (QED) is 0.815. The summed E-state index contributed by atoms with van der Waals surface area (Å²) in [6, 6.07) is 1.01. The molecule has 0 saturated heterocycles. The van der Waals surface area contributed by atoms with E-state index in [4.69, 9.17) is 0 Å². The fourth-order valence-electron chi connectivity index (χ4n) is 2.25. The van der Waals surface area contributed by atoms with E-state index in [0.29, 0.717) is 12.8 Å². The lowest BCUT2D eigenvalue weighted by Gasteiger charge is -2.25. The SMILES string of the molecule is O=C(NC1(C(=O)O)CCCC1)c1ccnc(F)c1F. The maximum atomic E-state index is 13.4. The van der Waals surface area contributed by atoms with E-state index >= 15 is 0 Å². The Morgan fingerprint density at radius 1 is 1.32 bits per heavy atom. The highest BCUT2D eigenvalue weighted by molar-refractivity contribution is 5.98. The zero-order chi connectivity index (χ0) is 14.0. The van der Waals surface area contributed by atoms with Gasteiger partial charge in [0.25, 0.3) is 5.91 Å². The van der Waals surface area contributed by atoms with Gasteiger partial charge in [-0.15, -0.1) is 0 Å². The second-order valence-electron chi connectivity index (χ2n) is 4.51. The summed E-state index contributed by atoms with van der Waals surface area (Å²) in [7, 11) is 0. The third kappa shape index (κ3) is 2.40. The average Bonchev–Trinajstić information content (AvgIpc) is 2.82. The fourth-order valence-corrected chi connectivity index (χ4v) is 2.25. The topological polar surface area (TPSA) is 79.3 Å². The van der Waals surface area contributed by atoms with Crippen molar-refractivity contribution >= 4 is 11.9 Å². The van der Waals surface area contributed by atoms with Crippen LogP contribution in [0.2, 0.25) is 0 Å². The van der Waals surface area contributed by atoms with Gasteiger partial charge in [-0.05, 0) is 18.9 Å². The summed E-state index contributed by atoms with van der Waals surface area (Å²) in [5.74, 6) is -4.86. The number of hydrogen-bond donors (Lipinski definition) is 2. The van der Waals surface area contributed by atoms with Crippen molar-refractivity contribution in [2.45, 2.75) is 31.2 Å². The molecule has 1 aromatic heterocycles. The molecule has 19 heavy (non-hydrogen) atoms. The summed E-state index contributed by atoms with van der Waals surface area (Å²) in [5.41, 5.74) is -1.93. The number of carbonyl (C=O) groups excluding carboxylic acids is 1. The normalized spacial score (nSPS) is 17.2. The van der Waals surface area contributed by atoms with E-state index in [1.807, 2.05) is 0 Å². The van der Waals surface area contributed by atoms with Crippen molar-refractivity contribution in [3.8, 4) is 0 Å². The molecule has 0 radical (unpaired) electrons. The van der Waals surface area contributed by atoms with Crippen LogP contribution in [-0.4, -0.2) is 27.5 Å². The highest BCUT2D eigenvalue weighted by atomic mass is 19.2. The number of nitrogens with zero attached hydrogens (tertiary/aromatic N) is 1. The minimum Gasteiger partial charge on any atom is -0.480 e. The van der Waals surface area contributed by atoms with Gasteiger partial charge in [-0.3, -0.25) is 4.79 Å². The second kappa shape index (κ2) is 4.91. The zero-order valence-electron chi connectivity index (χ0n) is 9.95. The van der Waals surface area contributed by atoms with Crippen molar-refractivity contribution in [3.63, 3.8) is 0 Å². The predicted octanol–water partition coefficient (Wildman–Crippen LogP) is 1.49. The van der Waals surface area contributed by atoms with Crippen LogP contribution >= 0.6 is 0 Å². The molecule has 1 amide bonds. The monoisotopic (exact) mass is 270 g/mol. The van der Waals surface area contributed by atoms with Crippen LogP contribution in [0.5, 0.6) is 0 Å². The first-order chi connectivity index (χ1) is 8.96. The Kier molecular flexibility index (Phi) is 3.46. The molecule has 2 rings (SSSR count). The molecule has 0 aliphatic heterocycles. The molecule has 1 aliphatic rings. The number of nitrogens with one attached hydrogen (secondary N) is 1. The molecule has 2 N–H and O–H groups in total. The third-order valence-corrected chi connectivity index (χ3v) is 3.31. The lowest BCUT2D eigenvalue weighted by molar-refractivity contribution is -0.144. The molecule has 0 bridgehead atoms. The van der Waals surface area contributed by atoms with Crippen molar-refractivity contribution < 1.29 is 23.5 Å². The Hall–Kier alpha value is -2.05. The van der Waals surface area contributed by atoms with Gasteiger partial charge in [0.15, 0.2) is 5.82 Å². The first-order valence-electron chi connectivity index (χ1n) is 5.82. The first kappa shape index (κ1) is 13.4. The van der Waals surface area contributed by atoms with Crippen LogP contribution in [-0.2, 0) is 4.79 Å². The van der Waals surface area contributed by atoms with Crippen molar-refractivity contribution in [1.82, 2.24) is 10.3 Å². The molecule has 1 aromatic rings. The minimum atomic E-state index is -1.39. The predicted molar refractivity (Wildman–Crippen MR) is 60.5 cm³/mol. The number of pyridine rings is 1. The molecule has 5 nitrogen and oxygen atoms in total. The number of amides is 1. The summed E-state index contributed by atoms with van der Waals surface area (Å²) < 4.78 is 26.3. The Bertz CT molecular complexity index is 528. The first-order valence-corrected chi connectivity index (χ1v) is 5.82. The van der Waals surface area contributed by atoms with Crippen LogP contribution in [0.15, 0.2) is 12.3 Å². The van der Waals surface area contributed by atoms with Crippen molar-refractivity contribution in [3.05, 3.63) is 29.6 Å². The van der Waals surface area contributed by atoms with Crippen molar-refractivity contribution in [2.24, 2.45) is 0 Å². The Morgan fingerprint density at radius 3 is 2.53 bits per heavy atom. The Morgan fingerprint density at radius 2 is 1.95 bits per heavy atom. The molecule has 0 unspecified atom stereocenters. The lowest BCUT2D eigenvalue weighted by atomic mass is 9.97. The smallest absolute Gasteiger partial charge is 0.329 e. The Labute approximate surface area is 107 Å². The second-order valence-corrected chi connectivity index (χ2v) is 4.51. The summed E-state index contributed by atoms with van der Waals surface area (Å²) in [5, 5.41) is 11.5. The Balaban J connectivity index is 2.25. The third-order valence-electron chi connectivity index (χ3n) is 3.31. The molecule has 1 heterocycles. The van der Waals surface area contributed by atoms with Gasteiger partial charge in [0.1, 0.15) is 5.54 Å². The van der Waals surface area contributed by atoms with Gasteiger partial charge in [0.05, 0.1) is 5.56 Å². The molecule has 0 atom stereocenters. The molecule has 7 heteroatoms. The van der Waals surface area contributed by atoms with E-state index < -0.39 is 34.7 Å². The van der Waals surface area contributed by atoms with Crippen LogP contribution in [0.4, 0.5) is 8.78 Å². The van der Waals surface area contributed by atoms with Gasteiger partial charge < -0.3 is 10.4 Å². The summed E-state index contributed by atoms with van der Waals surface area (Å²) >= 11 is 0. The molecule has 0 aromatic carbocycles. The van der Waals surface area contributed by atoms with Gasteiger partial charge in [-0.2, -0.15) is 4.39 Å². The highest BCUT2D eigenvalue weighted by Crippen LogP contribution is 2.30. The van der Waals surface area contributed by atoms with E-state index in [1.165, 1.54) is 0 Å². The van der Waals surface area contributed by atoms with Crippen LogP contribution in [0, 0.1) is 11.8 Å². The largest absolute Gasteiger partial charge is 0.480 e. The number of aliphatic carboxylic acids is 1. The molecule has 1 aliphatic carbocycles. The molecule has 102 valence electrons. The van der Waals surface area contributed by atoms with Crippen LogP contribution in [0.1, 0.15) is 36.0 Å². The van der Waals surface area contributed by atoms with Crippen molar-refractivity contribution in [2.75, 3.05) is 0 Å². The number of carboxylic acid groups (broad SMARTS) is 1. The van der Waals surface area contributed by atoms with E-state index in [-0.39, 0.29) is 12.8 Å². The molecule has 1 fully saturated rings. The van der Waals surface area contributed by atoms with E-state index in [9.17, 15) is 23.5 Å². The number of hydrogen-bond acceptors (Lipinski definition) is 3. The van der Waals surface area contributed by atoms with Crippen LogP contribution in [0.3, 0.4) is 0 Å². The number of carboxylic acids is 1. The van der Waals surface area contributed by atoms with Crippen LogP contribution in [0.25, 0.3) is 0 Å². The molecular formula is C12H12F2N2O3. The van der Waals surface area contributed by atoms with Crippen LogP contribution < -0.4 is 5.32 Å². The standard InChI is InChI=1S/C12H12F2N2O3/c13-8-7(3-6-15-9(8)14)10(17)16-12(11(18)19)4-1-2-5-12/h3,6H,1-2,4-5H2,(H,16,17)(H,18,19). The summed E-state index contributed by atoms with van der Waals surface area (Å²) in [6.07, 6.45) is 2.85. The maximum Gasteiger partial charge on any atom is 0.329 e. The average molecular weight is 270 g/mol. The molecule has 1 saturated carbocycles. The number of halogens is 2. The minimum absolute atomic E-state index is 0.281. The summed E-state index contributed by atoms with van der Waals surface area (Å²) in [4.78, 5) is 26.2. The number of carbonyl (C=O) groups is 2. The van der Waals surface area contributed by atoms with Gasteiger partial charge >= 0.3 is 5.97 Å². The van der Waals surface area contributed by atoms with Gasteiger partial charge in [-0.1, -0.05) is 12.8 Å². The fraction of sp³-hybridized carbons (Fsp3) is 0.417. The van der Waals surface area contributed by atoms with Gasteiger partial charge in [-0.25, -0.2) is 14.2 Å². The molecular weight excluding hydrogens is 258 g/mol. The number of rotatable bonds is 3. The van der Waals surface area contributed by atoms with E-state index in [1.54, 1.807) is 0 Å². The molecule has 0 spiro atoms. The van der Waals surface area contributed by atoms with E-state index in [2.05, 4.69) is 10.3 Å². The lowest BCUT2D eigenvalue weighted by Crippen LogP contribution is -2.52. The maximum absolute atomic E-state index is 13.4. The van der Waals surface area contributed by atoms with Crippen molar-refractivity contribution in [1.29, 1.82) is 0 Å². The van der Waals surface area contributed by atoms with Gasteiger partial charge in [0, 0.05) is 6.20 Å². The van der Waals surface area contributed by atoms with E-state index in [0.717, 1.165) is 12.3 Å². The number of aromatic nitrogens is 1.